The molecule has 0 bridgehead atoms. The zero-order chi connectivity index (χ0) is 14.5. The lowest BCUT2D eigenvalue weighted by Gasteiger charge is -2.30. The van der Waals surface area contributed by atoms with E-state index in [2.05, 4.69) is 24.3 Å². The van der Waals surface area contributed by atoms with E-state index in [4.69, 9.17) is 15.2 Å². The molecule has 1 saturated heterocycles. The van der Waals surface area contributed by atoms with Crippen LogP contribution in [0, 0.1) is 0 Å². The fourth-order valence-electron chi connectivity index (χ4n) is 2.61. The van der Waals surface area contributed by atoms with Crippen molar-refractivity contribution in [2.24, 2.45) is 5.73 Å². The Bertz CT molecular complexity index is 496. The van der Waals surface area contributed by atoms with Crippen LogP contribution >= 0.6 is 0 Å². The predicted octanol–water partition coefficient (Wildman–Crippen LogP) is 3.26. The lowest BCUT2D eigenvalue weighted by atomic mass is 10.0. The van der Waals surface area contributed by atoms with Crippen LogP contribution in [0.1, 0.15) is 30.1 Å². The zero-order valence-corrected chi connectivity index (χ0v) is 12.0. The van der Waals surface area contributed by atoms with Crippen molar-refractivity contribution in [3.8, 4) is 0 Å². The van der Waals surface area contributed by atoms with Gasteiger partial charge in [-0.2, -0.15) is 0 Å². The minimum absolute atomic E-state index is 0.105. The fourth-order valence-corrected chi connectivity index (χ4v) is 2.61. The van der Waals surface area contributed by atoms with Gasteiger partial charge in [-0.05, 0) is 24.0 Å². The maximum absolute atomic E-state index is 6.23. The SMILES string of the molecule is NC1CCC(OC(c2ccccc2)c2ccccc2)OC1. The molecular weight excluding hydrogens is 262 g/mol. The second-order valence-corrected chi connectivity index (χ2v) is 5.44. The van der Waals surface area contributed by atoms with E-state index in [0.29, 0.717) is 6.61 Å². The van der Waals surface area contributed by atoms with Crippen molar-refractivity contribution in [1.29, 1.82) is 0 Å². The Labute approximate surface area is 125 Å². The Hall–Kier alpha value is -1.68. The standard InChI is InChI=1S/C18H21NO2/c19-16-11-12-17(20-13-16)21-18(14-7-3-1-4-8-14)15-9-5-2-6-10-15/h1-10,16-18H,11-13,19H2. The minimum atomic E-state index is -0.185. The molecule has 1 aliphatic rings. The lowest BCUT2D eigenvalue weighted by molar-refractivity contribution is -0.184. The van der Waals surface area contributed by atoms with Gasteiger partial charge in [-0.3, -0.25) is 0 Å². The molecule has 2 N–H and O–H groups in total. The zero-order valence-electron chi connectivity index (χ0n) is 12.0. The molecule has 2 unspecified atom stereocenters. The second kappa shape index (κ2) is 6.85. The summed E-state index contributed by atoms with van der Waals surface area (Å²) < 4.78 is 12.0. The van der Waals surface area contributed by atoms with Crippen LogP contribution in [0.5, 0.6) is 0 Å². The number of rotatable bonds is 4. The molecular formula is C18H21NO2. The molecule has 2 aromatic carbocycles. The highest BCUT2D eigenvalue weighted by molar-refractivity contribution is 5.29. The maximum atomic E-state index is 6.23. The summed E-state index contributed by atoms with van der Waals surface area (Å²) in [4.78, 5) is 0. The quantitative estimate of drug-likeness (QED) is 0.936. The summed E-state index contributed by atoms with van der Waals surface area (Å²) in [6.07, 6.45) is 1.50. The molecule has 110 valence electrons. The molecule has 21 heavy (non-hydrogen) atoms. The van der Waals surface area contributed by atoms with Crippen LogP contribution in [-0.4, -0.2) is 18.9 Å². The molecule has 0 radical (unpaired) electrons. The van der Waals surface area contributed by atoms with Crippen LogP contribution in [-0.2, 0) is 9.47 Å². The number of hydrogen-bond donors (Lipinski definition) is 1. The first kappa shape index (κ1) is 14.3. The van der Waals surface area contributed by atoms with E-state index in [1.165, 1.54) is 0 Å². The third kappa shape index (κ3) is 3.70. The van der Waals surface area contributed by atoms with Crippen molar-refractivity contribution in [2.45, 2.75) is 31.3 Å². The van der Waals surface area contributed by atoms with Crippen molar-refractivity contribution in [3.05, 3.63) is 71.8 Å². The predicted molar refractivity (Wildman–Crippen MR) is 82.8 cm³/mol. The molecule has 0 amide bonds. The summed E-state index contributed by atoms with van der Waals surface area (Å²) in [5, 5.41) is 0. The summed E-state index contributed by atoms with van der Waals surface area (Å²) in [6, 6.07) is 20.7. The molecule has 3 rings (SSSR count). The lowest BCUT2D eigenvalue weighted by Crippen LogP contribution is -2.37. The van der Waals surface area contributed by atoms with Crippen LogP contribution in [0.15, 0.2) is 60.7 Å². The van der Waals surface area contributed by atoms with Gasteiger partial charge in [-0.15, -0.1) is 0 Å². The van der Waals surface area contributed by atoms with Crippen LogP contribution in [0.4, 0.5) is 0 Å². The van der Waals surface area contributed by atoms with Crippen molar-refractivity contribution in [2.75, 3.05) is 6.61 Å². The number of ether oxygens (including phenoxy) is 2. The number of nitrogens with two attached hydrogens (primary N) is 1. The van der Waals surface area contributed by atoms with E-state index in [-0.39, 0.29) is 18.4 Å². The van der Waals surface area contributed by atoms with Crippen molar-refractivity contribution in [3.63, 3.8) is 0 Å². The summed E-state index contributed by atoms with van der Waals surface area (Å²) in [6.45, 7) is 0.570. The molecule has 0 spiro atoms. The van der Waals surface area contributed by atoms with Gasteiger partial charge in [0.15, 0.2) is 6.29 Å². The molecule has 3 nitrogen and oxygen atoms in total. The fraction of sp³-hybridized carbons (Fsp3) is 0.333. The summed E-state index contributed by atoms with van der Waals surface area (Å²) in [5.74, 6) is 0. The molecule has 3 heteroatoms. The first-order valence-corrected chi connectivity index (χ1v) is 7.45. The van der Waals surface area contributed by atoms with E-state index in [0.717, 1.165) is 24.0 Å². The van der Waals surface area contributed by atoms with Gasteiger partial charge in [0.2, 0.25) is 0 Å². The number of benzene rings is 2. The minimum Gasteiger partial charge on any atom is -0.351 e. The van der Waals surface area contributed by atoms with Gasteiger partial charge in [-0.25, -0.2) is 0 Å². The van der Waals surface area contributed by atoms with Gasteiger partial charge < -0.3 is 15.2 Å². The van der Waals surface area contributed by atoms with Gasteiger partial charge in [0.1, 0.15) is 6.10 Å². The van der Waals surface area contributed by atoms with Crippen molar-refractivity contribution >= 4 is 0 Å². The molecule has 1 heterocycles. The van der Waals surface area contributed by atoms with Gasteiger partial charge in [0.25, 0.3) is 0 Å². The maximum Gasteiger partial charge on any atom is 0.159 e. The van der Waals surface area contributed by atoms with E-state index in [9.17, 15) is 0 Å². The Morgan fingerprint density at radius 1 is 0.905 bits per heavy atom. The van der Waals surface area contributed by atoms with E-state index < -0.39 is 0 Å². The monoisotopic (exact) mass is 283 g/mol. The van der Waals surface area contributed by atoms with Gasteiger partial charge in [0.05, 0.1) is 6.61 Å². The second-order valence-electron chi connectivity index (χ2n) is 5.44. The third-order valence-electron chi connectivity index (χ3n) is 3.76. The molecule has 0 aromatic heterocycles. The molecule has 2 atom stereocenters. The van der Waals surface area contributed by atoms with E-state index in [1.54, 1.807) is 0 Å². The smallest absolute Gasteiger partial charge is 0.159 e. The summed E-state index contributed by atoms with van der Waals surface area (Å²) in [5.41, 5.74) is 8.15. The third-order valence-corrected chi connectivity index (χ3v) is 3.76. The van der Waals surface area contributed by atoms with Crippen LogP contribution in [0.3, 0.4) is 0 Å². The molecule has 2 aromatic rings. The largest absolute Gasteiger partial charge is 0.351 e. The number of hydrogen-bond acceptors (Lipinski definition) is 3. The topological polar surface area (TPSA) is 44.5 Å². The van der Waals surface area contributed by atoms with Gasteiger partial charge in [0, 0.05) is 6.04 Å². The van der Waals surface area contributed by atoms with Crippen LogP contribution in [0.2, 0.25) is 0 Å². The van der Waals surface area contributed by atoms with E-state index >= 15 is 0 Å². The van der Waals surface area contributed by atoms with Gasteiger partial charge >= 0.3 is 0 Å². The summed E-state index contributed by atoms with van der Waals surface area (Å²) >= 11 is 0. The highest BCUT2D eigenvalue weighted by Crippen LogP contribution is 2.29. The van der Waals surface area contributed by atoms with Crippen LogP contribution in [0.25, 0.3) is 0 Å². The molecule has 1 fully saturated rings. The Morgan fingerprint density at radius 3 is 1.95 bits per heavy atom. The summed E-state index contributed by atoms with van der Waals surface area (Å²) in [7, 11) is 0. The van der Waals surface area contributed by atoms with Crippen molar-refractivity contribution < 1.29 is 9.47 Å². The van der Waals surface area contributed by atoms with Crippen molar-refractivity contribution in [1.82, 2.24) is 0 Å². The normalized spacial score (nSPS) is 22.4. The first-order valence-electron chi connectivity index (χ1n) is 7.45. The molecule has 0 saturated carbocycles. The van der Waals surface area contributed by atoms with Gasteiger partial charge in [-0.1, -0.05) is 60.7 Å². The highest BCUT2D eigenvalue weighted by Gasteiger charge is 2.24. The average Bonchev–Trinajstić information content (AvgIpc) is 2.56. The van der Waals surface area contributed by atoms with Crippen LogP contribution < -0.4 is 5.73 Å². The molecule has 1 aliphatic heterocycles. The first-order chi connectivity index (χ1) is 10.3. The highest BCUT2D eigenvalue weighted by atomic mass is 16.7. The molecule has 0 aliphatic carbocycles. The Balaban J connectivity index is 1.80. The Morgan fingerprint density at radius 2 is 1.48 bits per heavy atom. The van der Waals surface area contributed by atoms with E-state index in [1.807, 2.05) is 36.4 Å². The average molecular weight is 283 g/mol. The Kier molecular flexibility index (Phi) is 4.65.